The predicted octanol–water partition coefficient (Wildman–Crippen LogP) is 2.69. The van der Waals surface area contributed by atoms with E-state index in [9.17, 15) is 0 Å². The maximum absolute atomic E-state index is 9.14. The Labute approximate surface area is 92.1 Å². The number of aromatic nitrogens is 1. The van der Waals surface area contributed by atoms with Crippen molar-refractivity contribution < 1.29 is 5.11 Å². The van der Waals surface area contributed by atoms with E-state index in [-0.39, 0.29) is 5.75 Å². The van der Waals surface area contributed by atoms with Gasteiger partial charge in [-0.05, 0) is 30.3 Å². The highest BCUT2D eigenvalue weighted by molar-refractivity contribution is 6.33. The quantitative estimate of drug-likeness (QED) is 0.777. The molecular weight excluding hydrogens is 212 g/mol. The van der Waals surface area contributed by atoms with Crippen LogP contribution in [0, 0.1) is 0 Å². The summed E-state index contributed by atoms with van der Waals surface area (Å²) in [6.07, 6.45) is 1.55. The fraction of sp³-hybridized carbons (Fsp3) is 0. The molecule has 0 saturated heterocycles. The summed E-state index contributed by atoms with van der Waals surface area (Å²) < 4.78 is 0. The molecule has 0 saturated carbocycles. The van der Waals surface area contributed by atoms with Crippen LogP contribution in [0.15, 0.2) is 36.5 Å². The van der Waals surface area contributed by atoms with Crippen LogP contribution in [0.3, 0.4) is 0 Å². The van der Waals surface area contributed by atoms with Crippen molar-refractivity contribution in [3.8, 4) is 17.0 Å². The molecule has 1 heterocycles. The molecule has 15 heavy (non-hydrogen) atoms. The molecule has 0 aliphatic rings. The number of nitrogen functional groups attached to an aromatic ring is 1. The summed E-state index contributed by atoms with van der Waals surface area (Å²) in [6, 6.07) is 8.32. The number of nitrogens with zero attached hydrogens (tertiary/aromatic N) is 1. The lowest BCUT2D eigenvalue weighted by Gasteiger charge is -2.04. The summed E-state index contributed by atoms with van der Waals surface area (Å²) in [6.45, 7) is 0. The molecule has 0 amide bonds. The van der Waals surface area contributed by atoms with E-state index in [0.29, 0.717) is 16.4 Å². The fourth-order valence-corrected chi connectivity index (χ4v) is 1.57. The molecule has 0 aliphatic carbocycles. The number of phenols is 1. The topological polar surface area (TPSA) is 59.1 Å². The zero-order valence-corrected chi connectivity index (χ0v) is 8.57. The number of anilines is 1. The van der Waals surface area contributed by atoms with Crippen molar-refractivity contribution in [2.75, 3.05) is 5.73 Å². The van der Waals surface area contributed by atoms with Gasteiger partial charge in [0.1, 0.15) is 5.75 Å². The van der Waals surface area contributed by atoms with E-state index < -0.39 is 0 Å². The molecule has 2 rings (SSSR count). The van der Waals surface area contributed by atoms with E-state index in [1.165, 1.54) is 0 Å². The molecule has 76 valence electrons. The SMILES string of the molecule is Nc1cnc(-c2ccc(O)cc2)c(Cl)c1. The fourth-order valence-electron chi connectivity index (χ4n) is 1.28. The van der Waals surface area contributed by atoms with Crippen LogP contribution in [-0.2, 0) is 0 Å². The van der Waals surface area contributed by atoms with Crippen LogP contribution in [0.5, 0.6) is 5.75 Å². The number of benzene rings is 1. The normalized spacial score (nSPS) is 10.2. The first kappa shape index (κ1) is 9.80. The van der Waals surface area contributed by atoms with Crippen molar-refractivity contribution in [3.63, 3.8) is 0 Å². The third-order valence-corrected chi connectivity index (χ3v) is 2.29. The second-order valence-corrected chi connectivity index (χ2v) is 3.55. The van der Waals surface area contributed by atoms with Crippen molar-refractivity contribution >= 4 is 17.3 Å². The van der Waals surface area contributed by atoms with E-state index in [2.05, 4.69) is 4.98 Å². The highest BCUT2D eigenvalue weighted by Gasteiger charge is 2.05. The average molecular weight is 221 g/mol. The molecular formula is C11H9ClN2O. The molecule has 0 aliphatic heterocycles. The summed E-state index contributed by atoms with van der Waals surface area (Å²) in [5.41, 5.74) is 7.58. The van der Waals surface area contributed by atoms with E-state index in [1.807, 2.05) is 0 Å². The van der Waals surface area contributed by atoms with E-state index >= 15 is 0 Å². The number of hydrogen-bond acceptors (Lipinski definition) is 3. The molecule has 0 bridgehead atoms. The molecule has 0 atom stereocenters. The highest BCUT2D eigenvalue weighted by atomic mass is 35.5. The molecule has 0 radical (unpaired) electrons. The maximum atomic E-state index is 9.14. The predicted molar refractivity (Wildman–Crippen MR) is 60.8 cm³/mol. The number of pyridine rings is 1. The minimum atomic E-state index is 0.213. The van der Waals surface area contributed by atoms with Gasteiger partial charge >= 0.3 is 0 Å². The number of aromatic hydroxyl groups is 1. The van der Waals surface area contributed by atoms with Gasteiger partial charge in [-0.1, -0.05) is 11.6 Å². The summed E-state index contributed by atoms with van der Waals surface area (Å²) in [5.74, 6) is 0.213. The summed E-state index contributed by atoms with van der Waals surface area (Å²) in [4.78, 5) is 4.14. The van der Waals surface area contributed by atoms with Crippen LogP contribution in [0.2, 0.25) is 5.02 Å². The first-order chi connectivity index (χ1) is 7.16. The average Bonchev–Trinajstić information content (AvgIpc) is 2.20. The summed E-state index contributed by atoms with van der Waals surface area (Å²) in [7, 11) is 0. The van der Waals surface area contributed by atoms with Crippen molar-refractivity contribution in [1.82, 2.24) is 4.98 Å². The molecule has 2 aromatic rings. The lowest BCUT2D eigenvalue weighted by molar-refractivity contribution is 0.475. The van der Waals surface area contributed by atoms with Gasteiger partial charge in [-0.2, -0.15) is 0 Å². The third kappa shape index (κ3) is 2.02. The van der Waals surface area contributed by atoms with Crippen LogP contribution in [0.4, 0.5) is 5.69 Å². The number of nitrogens with two attached hydrogens (primary N) is 1. The van der Waals surface area contributed by atoms with Crippen molar-refractivity contribution in [3.05, 3.63) is 41.6 Å². The van der Waals surface area contributed by atoms with Crippen LogP contribution in [0.1, 0.15) is 0 Å². The first-order valence-electron chi connectivity index (χ1n) is 4.37. The monoisotopic (exact) mass is 220 g/mol. The third-order valence-electron chi connectivity index (χ3n) is 2.00. The van der Waals surface area contributed by atoms with Crippen LogP contribution in [0.25, 0.3) is 11.3 Å². The van der Waals surface area contributed by atoms with Gasteiger partial charge in [0.25, 0.3) is 0 Å². The van der Waals surface area contributed by atoms with Crippen molar-refractivity contribution in [1.29, 1.82) is 0 Å². The Kier molecular flexibility index (Phi) is 2.47. The lowest BCUT2D eigenvalue weighted by Crippen LogP contribution is -1.89. The summed E-state index contributed by atoms with van der Waals surface area (Å²) in [5, 5.41) is 9.64. The number of phenolic OH excluding ortho intramolecular Hbond substituents is 1. The van der Waals surface area contributed by atoms with E-state index in [1.54, 1.807) is 36.5 Å². The Hall–Kier alpha value is -1.74. The number of hydrogen-bond donors (Lipinski definition) is 2. The highest BCUT2D eigenvalue weighted by Crippen LogP contribution is 2.27. The van der Waals surface area contributed by atoms with Gasteiger partial charge in [0, 0.05) is 5.56 Å². The molecule has 1 aromatic heterocycles. The summed E-state index contributed by atoms with van der Waals surface area (Å²) >= 11 is 6.00. The largest absolute Gasteiger partial charge is 0.508 e. The Morgan fingerprint density at radius 1 is 1.20 bits per heavy atom. The lowest BCUT2D eigenvalue weighted by atomic mass is 10.1. The zero-order chi connectivity index (χ0) is 10.8. The molecule has 0 unspecified atom stereocenters. The number of rotatable bonds is 1. The van der Waals surface area contributed by atoms with Crippen molar-refractivity contribution in [2.45, 2.75) is 0 Å². The number of halogens is 1. The van der Waals surface area contributed by atoms with E-state index in [0.717, 1.165) is 5.56 Å². The Morgan fingerprint density at radius 3 is 2.47 bits per heavy atom. The Morgan fingerprint density at radius 2 is 1.87 bits per heavy atom. The van der Waals surface area contributed by atoms with E-state index in [4.69, 9.17) is 22.4 Å². The van der Waals surface area contributed by atoms with Gasteiger partial charge < -0.3 is 10.8 Å². The van der Waals surface area contributed by atoms with Crippen molar-refractivity contribution in [2.24, 2.45) is 0 Å². The molecule has 1 aromatic carbocycles. The van der Waals surface area contributed by atoms with Crippen LogP contribution >= 0.6 is 11.6 Å². The zero-order valence-electron chi connectivity index (χ0n) is 7.81. The van der Waals surface area contributed by atoms with Gasteiger partial charge in [-0.25, -0.2) is 0 Å². The Balaban J connectivity index is 2.49. The molecule has 0 fully saturated rings. The van der Waals surface area contributed by atoms with Gasteiger partial charge in [-0.3, -0.25) is 4.98 Å². The second kappa shape index (κ2) is 3.79. The standard InChI is InChI=1S/C11H9ClN2O/c12-10-5-8(13)6-14-11(10)7-1-3-9(15)4-2-7/h1-6,15H,13H2. The van der Waals surface area contributed by atoms with Crippen LogP contribution in [-0.4, -0.2) is 10.1 Å². The maximum Gasteiger partial charge on any atom is 0.115 e. The van der Waals surface area contributed by atoms with Gasteiger partial charge in [-0.15, -0.1) is 0 Å². The van der Waals surface area contributed by atoms with Gasteiger partial charge in [0.2, 0.25) is 0 Å². The molecule has 3 nitrogen and oxygen atoms in total. The van der Waals surface area contributed by atoms with Gasteiger partial charge in [0.15, 0.2) is 0 Å². The minimum Gasteiger partial charge on any atom is -0.508 e. The molecule has 0 spiro atoms. The van der Waals surface area contributed by atoms with Crippen LogP contribution < -0.4 is 5.73 Å². The first-order valence-corrected chi connectivity index (χ1v) is 4.75. The molecule has 4 heteroatoms. The minimum absolute atomic E-state index is 0.213. The molecule has 3 N–H and O–H groups in total. The van der Waals surface area contributed by atoms with Gasteiger partial charge in [0.05, 0.1) is 22.6 Å². The smallest absolute Gasteiger partial charge is 0.115 e. The Bertz CT molecular complexity index is 482. The second-order valence-electron chi connectivity index (χ2n) is 3.15.